The molecule has 0 atom stereocenters. The second-order valence-corrected chi connectivity index (χ2v) is 2.21. The Hall–Kier alpha value is 7.23. The standard InChI is InChI=1S/7Al.5Ca.7H2O.7O.10H/h;;;;;;;;;;;;7*1H2;;;;;;;;;;;;;;;;;/q7*+1;;;;;;;;;;;;;;;;;;;;;;;;;;;;;/p-7. The van der Waals surface area contributed by atoms with Crippen molar-refractivity contribution in [3.05, 3.63) is 0 Å². The van der Waals surface area contributed by atoms with Crippen LogP contribution in [0.3, 0.4) is 0 Å². The van der Waals surface area contributed by atoms with Crippen molar-refractivity contribution in [2.75, 3.05) is 0 Å². The molecule has 0 aliphatic carbocycles. The molecule has 0 aromatic rings. The molecule has 132 valence electrons. The molecule has 7 N–H and O–H groups in total. The summed E-state index contributed by atoms with van der Waals surface area (Å²) in [6.07, 6.45) is 0. The van der Waals surface area contributed by atoms with Crippen molar-refractivity contribution in [2.45, 2.75) is 0 Å². The van der Waals surface area contributed by atoms with Crippen LogP contribution in [-0.4, -0.2) is 326 Å². The van der Waals surface area contributed by atoms with E-state index in [-0.39, 0.29) is 189 Å². The summed E-state index contributed by atoms with van der Waals surface area (Å²) in [6, 6.07) is 0. The second-order valence-electron chi connectivity index (χ2n) is 0.738. The summed E-state index contributed by atoms with van der Waals surface area (Å²) >= 11 is -10.5. The molecule has 0 spiro atoms. The van der Waals surface area contributed by atoms with E-state index in [0.717, 1.165) is 0 Å². The van der Waals surface area contributed by atoms with Crippen molar-refractivity contribution < 1.29 is 55.7 Å². The Bertz CT molecular complexity index is 149. The molecule has 0 rings (SSSR count). The van der Waals surface area contributed by atoms with E-state index in [1.807, 2.05) is 0 Å². The van der Waals surface area contributed by atoms with Crippen LogP contribution in [0, 0.1) is 0 Å². The minimum atomic E-state index is -1.50. The van der Waals surface area contributed by atoms with Gasteiger partial charge in [0.25, 0.3) is 0 Å². The maximum absolute atomic E-state index is 8.57. The molecular formula is H17Al7Ca5O14. The third kappa shape index (κ3) is 546. The van der Waals surface area contributed by atoms with Crippen LogP contribution in [0.1, 0.15) is 0 Å². The van der Waals surface area contributed by atoms with Crippen LogP contribution in [0.25, 0.3) is 0 Å². The van der Waals surface area contributed by atoms with Crippen molar-refractivity contribution in [3.63, 3.8) is 0 Å². The van der Waals surface area contributed by atoms with E-state index >= 15 is 0 Å². The molecule has 0 heterocycles. The molecule has 0 bridgehead atoms. The van der Waals surface area contributed by atoms with Crippen LogP contribution in [0.15, 0.2) is 0 Å². The van der Waals surface area contributed by atoms with E-state index in [1.54, 1.807) is 0 Å². The Balaban J connectivity index is -0.00000000852. The van der Waals surface area contributed by atoms with Gasteiger partial charge in [-0.1, -0.05) is 0 Å². The molecule has 0 unspecified atom stereocenters. The first-order valence-corrected chi connectivity index (χ1v) is 10.4. The number of hydrogen-bond acceptors (Lipinski definition) is 7. The predicted octanol–water partition coefficient (Wildman–Crippen LogP) is -12.0. The van der Waals surface area contributed by atoms with Gasteiger partial charge in [0.1, 0.15) is 0 Å². The second kappa shape index (κ2) is 155. The molecule has 26 heavy (non-hydrogen) atoms. The van der Waals surface area contributed by atoms with Crippen LogP contribution in [0.2, 0.25) is 0 Å². The van der Waals surface area contributed by atoms with Crippen molar-refractivity contribution in [2.24, 2.45) is 0 Å². The molecule has 0 fully saturated rings. The summed E-state index contributed by atoms with van der Waals surface area (Å²) in [5, 5.41) is 0. The molecule has 0 aromatic carbocycles. The van der Waals surface area contributed by atoms with Crippen molar-refractivity contribution >= 4 is 297 Å². The molecule has 0 amide bonds. The van der Waals surface area contributed by atoms with Gasteiger partial charge in [0.05, 0.1) is 0 Å². The summed E-state index contributed by atoms with van der Waals surface area (Å²) in [5.41, 5.74) is 0. The monoisotopic (exact) mass is 630 g/mol. The van der Waals surface area contributed by atoms with Crippen LogP contribution in [0.4, 0.5) is 0 Å². The van der Waals surface area contributed by atoms with Crippen molar-refractivity contribution in [1.82, 2.24) is 0 Å². The third-order valence-corrected chi connectivity index (χ3v) is 0. The Kier molecular flexibility index (Phi) is 457. The predicted molar refractivity (Wildman–Crippen MR) is 103 cm³/mol. The summed E-state index contributed by atoms with van der Waals surface area (Å²) in [4.78, 5) is 0. The zero-order valence-corrected chi connectivity index (χ0v) is 18.1. The fourth-order valence-electron chi connectivity index (χ4n) is 0. The van der Waals surface area contributed by atoms with E-state index in [1.165, 1.54) is 0 Å². The molecule has 0 saturated heterocycles. The van der Waals surface area contributed by atoms with Gasteiger partial charge >= 0.3 is 353 Å². The summed E-state index contributed by atoms with van der Waals surface area (Å²) in [5.74, 6) is 0. The first kappa shape index (κ1) is 76.6. The van der Waals surface area contributed by atoms with Gasteiger partial charge in [0.2, 0.25) is 0 Å². The zero-order chi connectivity index (χ0) is 18.9. The number of hydrogen-bond donors (Lipinski definition) is 7. The van der Waals surface area contributed by atoms with Gasteiger partial charge in [-0.25, -0.2) is 0 Å². The van der Waals surface area contributed by atoms with E-state index in [4.69, 9.17) is 55.7 Å². The van der Waals surface area contributed by atoms with Crippen LogP contribution >= 0.6 is 0 Å². The third-order valence-electron chi connectivity index (χ3n) is 0. The topological polar surface area (TPSA) is 261 Å². The molecule has 0 saturated carbocycles. The Morgan fingerprint density at radius 3 is 0.269 bits per heavy atom. The van der Waals surface area contributed by atoms with E-state index in [9.17, 15) is 0 Å². The normalized spacial score (nSPS) is 2.15. The SMILES string of the molecule is [CaH2].[CaH2].[CaH2].[CaH2].[CaH2].[O]=[Al][OH].[O]=[Al][OH].[O]=[Al][OH].[O]=[Al][OH].[O]=[Al][OH].[O]=[Al][OH].[O]=[Al][OH]. The van der Waals surface area contributed by atoms with Crippen LogP contribution in [0.5, 0.6) is 0 Å². The van der Waals surface area contributed by atoms with E-state index < -0.39 is 108 Å². The summed E-state index contributed by atoms with van der Waals surface area (Å²) in [6.45, 7) is 0. The fraction of sp³-hybridized carbons (Fsp3) is 0. The van der Waals surface area contributed by atoms with E-state index in [0.29, 0.717) is 0 Å². The maximum atomic E-state index is 8.57. The van der Waals surface area contributed by atoms with Crippen LogP contribution in [-0.2, 0) is 26.6 Å². The fourth-order valence-corrected chi connectivity index (χ4v) is 0. The van der Waals surface area contributed by atoms with Gasteiger partial charge < -0.3 is 0 Å². The van der Waals surface area contributed by atoms with Gasteiger partial charge in [-0.3, -0.25) is 0 Å². The van der Waals surface area contributed by atoms with Gasteiger partial charge in [-0.05, 0) is 0 Å². The molecular weight excluding hydrogens is 613 g/mol. The molecule has 0 radical (unpaired) electrons. The molecule has 0 aromatic heterocycles. The molecule has 26 heteroatoms. The first-order valence-electron chi connectivity index (χ1n) is 3.46. The van der Waals surface area contributed by atoms with Crippen LogP contribution < -0.4 is 0 Å². The Morgan fingerprint density at radius 2 is 0.269 bits per heavy atom. The minimum absolute atomic E-state index is 0. The average Bonchev–Trinajstić information content (AvgIpc) is 2.35. The van der Waals surface area contributed by atoms with Crippen molar-refractivity contribution in [3.8, 4) is 0 Å². The average molecular weight is 630 g/mol. The molecule has 0 aliphatic rings. The van der Waals surface area contributed by atoms with Gasteiger partial charge in [-0.15, -0.1) is 0 Å². The summed E-state index contributed by atoms with van der Waals surface area (Å²) < 4.78 is 110. The quantitative estimate of drug-likeness (QED) is 0.123. The molecule has 0 aliphatic heterocycles. The van der Waals surface area contributed by atoms with Gasteiger partial charge in [0, 0.05) is 0 Å². The Labute approximate surface area is 343 Å². The summed E-state index contributed by atoms with van der Waals surface area (Å²) in [7, 11) is 0. The van der Waals surface area contributed by atoms with Gasteiger partial charge in [0.15, 0.2) is 0 Å². The van der Waals surface area contributed by atoms with Gasteiger partial charge in [-0.2, -0.15) is 0 Å². The Morgan fingerprint density at radius 1 is 0.269 bits per heavy atom. The van der Waals surface area contributed by atoms with E-state index in [2.05, 4.69) is 0 Å². The first-order chi connectivity index (χ1) is 9.90. The molecule has 14 nitrogen and oxygen atoms in total. The number of rotatable bonds is 0. The zero-order valence-electron chi connectivity index (χ0n) is 10.0. The van der Waals surface area contributed by atoms with Crippen molar-refractivity contribution in [1.29, 1.82) is 0 Å².